The van der Waals surface area contributed by atoms with E-state index in [2.05, 4.69) is 5.10 Å². The number of hydrogen-bond donors (Lipinski definition) is 0. The lowest BCUT2D eigenvalue weighted by atomic mass is 10.2. The molecule has 0 saturated heterocycles. The monoisotopic (exact) mass is 287 g/mol. The van der Waals surface area contributed by atoms with Gasteiger partial charge in [0.1, 0.15) is 0 Å². The van der Waals surface area contributed by atoms with E-state index in [-0.39, 0.29) is 5.91 Å². The topological polar surface area (TPSA) is 64.4 Å². The zero-order valence-electron chi connectivity index (χ0n) is 12.2. The highest BCUT2D eigenvalue weighted by atomic mass is 16.5. The molecule has 0 aliphatic carbocycles. The van der Waals surface area contributed by atoms with Gasteiger partial charge in [0.2, 0.25) is 0 Å². The van der Waals surface area contributed by atoms with Crippen LogP contribution < -0.4 is 4.90 Å². The Labute approximate surface area is 122 Å². The van der Waals surface area contributed by atoms with Crippen LogP contribution in [0.5, 0.6) is 0 Å². The summed E-state index contributed by atoms with van der Waals surface area (Å²) in [6.45, 7) is 1.55. The Hall–Kier alpha value is -2.63. The van der Waals surface area contributed by atoms with E-state index in [9.17, 15) is 9.59 Å². The SMILES string of the molecule is C[C@@H](OC(=O)c1cnn(C)c1)C(=O)N(C)c1ccccc1. The number of esters is 1. The quantitative estimate of drug-likeness (QED) is 0.802. The first kappa shape index (κ1) is 14.8. The van der Waals surface area contributed by atoms with Crippen molar-refractivity contribution in [3.8, 4) is 0 Å². The maximum atomic E-state index is 12.2. The molecule has 1 aromatic carbocycles. The Kier molecular flexibility index (Phi) is 4.37. The lowest BCUT2D eigenvalue weighted by molar-refractivity contribution is -0.126. The third-order valence-corrected chi connectivity index (χ3v) is 3.05. The molecule has 6 nitrogen and oxygen atoms in total. The first-order valence-electron chi connectivity index (χ1n) is 6.51. The number of likely N-dealkylation sites (N-methyl/N-ethyl adjacent to an activating group) is 1. The Morgan fingerprint density at radius 3 is 2.52 bits per heavy atom. The van der Waals surface area contributed by atoms with E-state index in [1.807, 2.05) is 30.3 Å². The summed E-state index contributed by atoms with van der Waals surface area (Å²) in [7, 11) is 3.35. The van der Waals surface area contributed by atoms with E-state index in [4.69, 9.17) is 4.74 Å². The molecule has 0 bridgehead atoms. The van der Waals surface area contributed by atoms with Crippen LogP contribution >= 0.6 is 0 Å². The van der Waals surface area contributed by atoms with Crippen molar-refractivity contribution in [1.29, 1.82) is 0 Å². The van der Waals surface area contributed by atoms with Crippen molar-refractivity contribution in [1.82, 2.24) is 9.78 Å². The zero-order valence-corrected chi connectivity index (χ0v) is 12.2. The molecule has 110 valence electrons. The van der Waals surface area contributed by atoms with Gasteiger partial charge < -0.3 is 9.64 Å². The Morgan fingerprint density at radius 1 is 1.29 bits per heavy atom. The number of ether oxygens (including phenoxy) is 1. The normalized spacial score (nSPS) is 11.8. The molecule has 0 aliphatic rings. The summed E-state index contributed by atoms with van der Waals surface area (Å²) in [5.74, 6) is -0.858. The van der Waals surface area contributed by atoms with Crippen molar-refractivity contribution in [2.45, 2.75) is 13.0 Å². The van der Waals surface area contributed by atoms with Crippen LogP contribution in [-0.2, 0) is 16.6 Å². The number of amides is 1. The third-order valence-electron chi connectivity index (χ3n) is 3.05. The second kappa shape index (κ2) is 6.21. The van der Waals surface area contributed by atoms with Crippen LogP contribution in [0.2, 0.25) is 0 Å². The highest BCUT2D eigenvalue weighted by molar-refractivity contribution is 5.98. The van der Waals surface area contributed by atoms with Gasteiger partial charge in [0.05, 0.1) is 11.8 Å². The van der Waals surface area contributed by atoms with Crippen LogP contribution in [0.25, 0.3) is 0 Å². The maximum Gasteiger partial charge on any atom is 0.342 e. The molecule has 0 saturated carbocycles. The van der Waals surface area contributed by atoms with Crippen molar-refractivity contribution < 1.29 is 14.3 Å². The molecule has 0 radical (unpaired) electrons. The van der Waals surface area contributed by atoms with Gasteiger partial charge in [-0.2, -0.15) is 5.10 Å². The average molecular weight is 287 g/mol. The van der Waals surface area contributed by atoms with Gasteiger partial charge in [-0.25, -0.2) is 4.79 Å². The van der Waals surface area contributed by atoms with Crippen molar-refractivity contribution in [2.24, 2.45) is 7.05 Å². The number of carbonyl (C=O) groups excluding carboxylic acids is 2. The molecule has 21 heavy (non-hydrogen) atoms. The van der Waals surface area contributed by atoms with Gasteiger partial charge in [0.25, 0.3) is 5.91 Å². The standard InChI is InChI=1S/C15H17N3O3/c1-11(21-15(20)12-9-16-17(2)10-12)14(19)18(3)13-7-5-4-6-8-13/h4-11H,1-3H3/t11-/m1/s1. The highest BCUT2D eigenvalue weighted by Crippen LogP contribution is 2.13. The van der Waals surface area contributed by atoms with E-state index >= 15 is 0 Å². The molecule has 2 rings (SSSR count). The smallest absolute Gasteiger partial charge is 0.342 e. The minimum Gasteiger partial charge on any atom is -0.449 e. The van der Waals surface area contributed by atoms with E-state index in [0.717, 1.165) is 5.69 Å². The zero-order chi connectivity index (χ0) is 15.4. The predicted octanol–water partition coefficient (Wildman–Crippen LogP) is 1.63. The number of para-hydroxylation sites is 1. The molecule has 1 heterocycles. The third kappa shape index (κ3) is 3.47. The minimum atomic E-state index is -0.872. The van der Waals surface area contributed by atoms with Crippen molar-refractivity contribution in [3.63, 3.8) is 0 Å². The predicted molar refractivity (Wildman–Crippen MR) is 77.9 cm³/mol. The Balaban J connectivity index is 2.01. The van der Waals surface area contributed by atoms with Crippen LogP contribution in [0.3, 0.4) is 0 Å². The molecule has 0 N–H and O–H groups in total. The molecule has 1 atom stereocenters. The lowest BCUT2D eigenvalue weighted by Crippen LogP contribution is -2.37. The molecular weight excluding hydrogens is 270 g/mol. The molecular formula is C15H17N3O3. The summed E-state index contributed by atoms with van der Waals surface area (Å²) in [6.07, 6.45) is 2.07. The second-order valence-electron chi connectivity index (χ2n) is 4.68. The summed E-state index contributed by atoms with van der Waals surface area (Å²) in [5, 5.41) is 3.89. The number of anilines is 1. The van der Waals surface area contributed by atoms with Gasteiger partial charge in [0.15, 0.2) is 6.10 Å². The summed E-state index contributed by atoms with van der Waals surface area (Å²) in [4.78, 5) is 25.6. The molecule has 0 aliphatic heterocycles. The van der Waals surface area contributed by atoms with Crippen LogP contribution in [0.15, 0.2) is 42.7 Å². The van der Waals surface area contributed by atoms with Gasteiger partial charge in [-0.1, -0.05) is 18.2 Å². The van der Waals surface area contributed by atoms with Gasteiger partial charge >= 0.3 is 5.97 Å². The lowest BCUT2D eigenvalue weighted by Gasteiger charge is -2.21. The fourth-order valence-corrected chi connectivity index (χ4v) is 1.86. The molecule has 6 heteroatoms. The summed E-state index contributed by atoms with van der Waals surface area (Å²) >= 11 is 0. The molecule has 0 unspecified atom stereocenters. The Bertz CT molecular complexity index is 637. The number of aromatic nitrogens is 2. The first-order chi connectivity index (χ1) is 9.99. The fraction of sp³-hybridized carbons (Fsp3) is 0.267. The van der Waals surface area contributed by atoms with Crippen molar-refractivity contribution in [3.05, 3.63) is 48.3 Å². The summed E-state index contributed by atoms with van der Waals surface area (Å²) in [6, 6.07) is 9.17. The van der Waals surface area contributed by atoms with Gasteiger partial charge in [-0.05, 0) is 19.1 Å². The number of benzene rings is 1. The molecule has 0 fully saturated rings. The largest absolute Gasteiger partial charge is 0.449 e. The maximum absolute atomic E-state index is 12.2. The minimum absolute atomic E-state index is 0.293. The van der Waals surface area contributed by atoms with E-state index in [1.54, 1.807) is 27.2 Å². The van der Waals surface area contributed by atoms with Gasteiger partial charge in [-0.3, -0.25) is 9.48 Å². The molecule has 0 spiro atoms. The second-order valence-corrected chi connectivity index (χ2v) is 4.68. The summed E-state index contributed by atoms with van der Waals surface area (Å²) < 4.78 is 6.67. The van der Waals surface area contributed by atoms with Crippen LogP contribution in [0.4, 0.5) is 5.69 Å². The summed E-state index contributed by atoms with van der Waals surface area (Å²) in [5.41, 5.74) is 1.06. The molecule has 1 aromatic heterocycles. The van der Waals surface area contributed by atoms with Crippen molar-refractivity contribution in [2.75, 3.05) is 11.9 Å². The van der Waals surface area contributed by atoms with Crippen LogP contribution in [0, 0.1) is 0 Å². The van der Waals surface area contributed by atoms with Gasteiger partial charge in [0, 0.05) is 26.0 Å². The fourth-order valence-electron chi connectivity index (χ4n) is 1.86. The van der Waals surface area contributed by atoms with E-state index in [0.29, 0.717) is 5.56 Å². The van der Waals surface area contributed by atoms with Crippen molar-refractivity contribution >= 4 is 17.6 Å². The number of carbonyl (C=O) groups is 2. The number of hydrogen-bond acceptors (Lipinski definition) is 4. The number of rotatable bonds is 4. The number of aryl methyl sites for hydroxylation is 1. The van der Waals surface area contributed by atoms with Crippen LogP contribution in [0.1, 0.15) is 17.3 Å². The highest BCUT2D eigenvalue weighted by Gasteiger charge is 2.23. The van der Waals surface area contributed by atoms with E-state index < -0.39 is 12.1 Å². The van der Waals surface area contributed by atoms with Crippen LogP contribution in [-0.4, -0.2) is 34.8 Å². The first-order valence-corrected chi connectivity index (χ1v) is 6.51. The molecule has 2 aromatic rings. The number of nitrogens with zero attached hydrogens (tertiary/aromatic N) is 3. The van der Waals surface area contributed by atoms with Gasteiger partial charge in [-0.15, -0.1) is 0 Å². The van der Waals surface area contributed by atoms with E-state index in [1.165, 1.54) is 15.8 Å². The average Bonchev–Trinajstić information content (AvgIpc) is 2.93. The Morgan fingerprint density at radius 2 is 1.95 bits per heavy atom. The molecule has 1 amide bonds.